The molecular formula is C24H22F6N2O2. The minimum Gasteiger partial charge on any atom is -0.494 e. The highest BCUT2D eigenvalue weighted by Gasteiger charge is 2.53. The van der Waals surface area contributed by atoms with Crippen LogP contribution in [-0.2, 0) is 0 Å². The summed E-state index contributed by atoms with van der Waals surface area (Å²) < 4.78 is 67.4. The number of hydrogen-bond acceptors (Lipinski definition) is 2. The van der Waals surface area contributed by atoms with Crippen LogP contribution in [0.3, 0.4) is 0 Å². The fraction of sp³-hybridized carbons (Fsp3) is 0.250. The lowest BCUT2D eigenvalue weighted by atomic mass is 10.0. The Kier molecular flexibility index (Phi) is 8.31. The molecule has 0 spiro atoms. The average Bonchev–Trinajstić information content (AvgIpc) is 3.33. The number of halogens is 6. The molecular weight excluding hydrogens is 462 g/mol. The molecule has 3 aromatic rings. The topological polar surface area (TPSA) is 65.4 Å². The highest BCUT2D eigenvalue weighted by molar-refractivity contribution is 6.30. The smallest absolute Gasteiger partial charge is 0.400 e. The molecule has 0 fully saturated rings. The first-order valence-electron chi connectivity index (χ1n) is 10.2. The predicted molar refractivity (Wildman–Crippen MR) is 117 cm³/mol. The highest BCUT2D eigenvalue weighted by atomic mass is 19.4. The van der Waals surface area contributed by atoms with Crippen molar-refractivity contribution in [2.75, 3.05) is 0 Å². The van der Waals surface area contributed by atoms with E-state index in [2.05, 4.69) is 9.98 Å². The van der Waals surface area contributed by atoms with Crippen LogP contribution in [0.2, 0.25) is 0 Å². The number of amides is 1. The number of nitrogens with zero attached hydrogens (tertiary/aromatic N) is 1. The second kappa shape index (κ2) is 10.6. The highest BCUT2D eigenvalue weighted by Crippen LogP contribution is 2.39. The van der Waals surface area contributed by atoms with E-state index in [0.29, 0.717) is 22.5 Å². The van der Waals surface area contributed by atoms with Crippen LogP contribution in [0.25, 0.3) is 11.3 Å². The third-order valence-corrected chi connectivity index (χ3v) is 4.74. The zero-order valence-electron chi connectivity index (χ0n) is 18.4. The SMILES string of the molecule is CC.CC(C(F)(F)F)C(F)(F)F.O=C1N=C(c2ccccc2)c2c(O)[nH]c(-c3ccccc3)c21. The molecule has 10 heteroatoms. The molecule has 34 heavy (non-hydrogen) atoms. The summed E-state index contributed by atoms with van der Waals surface area (Å²) in [7, 11) is 0. The summed E-state index contributed by atoms with van der Waals surface area (Å²) in [6.45, 7) is 4.08. The van der Waals surface area contributed by atoms with Crippen LogP contribution in [0, 0.1) is 5.92 Å². The number of fused-ring (bicyclic) bond motifs is 1. The van der Waals surface area contributed by atoms with Crippen molar-refractivity contribution in [3.8, 4) is 17.1 Å². The molecule has 0 bridgehead atoms. The van der Waals surface area contributed by atoms with Crippen molar-refractivity contribution < 1.29 is 36.2 Å². The summed E-state index contributed by atoms with van der Waals surface area (Å²) in [5.41, 5.74) is 3.68. The van der Waals surface area contributed by atoms with E-state index in [4.69, 9.17) is 0 Å². The van der Waals surface area contributed by atoms with Crippen molar-refractivity contribution in [1.29, 1.82) is 0 Å². The van der Waals surface area contributed by atoms with Crippen molar-refractivity contribution in [3.05, 3.63) is 77.4 Å². The van der Waals surface area contributed by atoms with Gasteiger partial charge in [-0.3, -0.25) is 4.79 Å². The summed E-state index contributed by atoms with van der Waals surface area (Å²) in [6, 6.07) is 18.8. The molecule has 1 aliphatic heterocycles. The Labute approximate surface area is 192 Å². The predicted octanol–water partition coefficient (Wildman–Crippen LogP) is 7.15. The standard InChI is InChI=1S/C18H12N2O2.C4H4F6.C2H6/c21-17-13-14(16(20-17)12-9-5-2-6-10-12)18(22)19-15(13)11-7-3-1-4-8-11;1-2(3(5,6)7)4(8,9)10;1-2/h1-10,19,22H;2H,1H3;1-2H3. The minimum atomic E-state index is -5.18. The lowest BCUT2D eigenvalue weighted by Crippen LogP contribution is -2.33. The molecule has 0 unspecified atom stereocenters. The number of aromatic hydroxyl groups is 1. The molecule has 2 heterocycles. The van der Waals surface area contributed by atoms with Crippen LogP contribution in [0.5, 0.6) is 5.88 Å². The Morgan fingerprint density at radius 2 is 1.24 bits per heavy atom. The van der Waals surface area contributed by atoms with E-state index >= 15 is 0 Å². The lowest BCUT2D eigenvalue weighted by Gasteiger charge is -2.17. The number of aliphatic imine (C=N–C) groups is 1. The number of aromatic nitrogens is 1. The van der Waals surface area contributed by atoms with Crippen LogP contribution in [-0.4, -0.2) is 34.1 Å². The van der Waals surface area contributed by atoms with E-state index in [1.54, 1.807) is 0 Å². The molecule has 0 atom stereocenters. The Bertz CT molecular complexity index is 1120. The van der Waals surface area contributed by atoms with Crippen molar-refractivity contribution in [1.82, 2.24) is 4.98 Å². The fourth-order valence-electron chi connectivity index (χ4n) is 2.96. The van der Waals surface area contributed by atoms with Crippen LogP contribution in [0.1, 0.15) is 42.3 Å². The van der Waals surface area contributed by atoms with Crippen LogP contribution >= 0.6 is 0 Å². The molecule has 182 valence electrons. The van der Waals surface area contributed by atoms with Gasteiger partial charge in [0, 0.05) is 5.56 Å². The van der Waals surface area contributed by atoms with Crippen molar-refractivity contribution in [2.24, 2.45) is 10.9 Å². The Balaban J connectivity index is 0.000000290. The number of carbonyl (C=O) groups excluding carboxylic acids is 1. The van der Waals surface area contributed by atoms with E-state index in [1.807, 2.05) is 74.5 Å². The maximum absolute atomic E-state index is 12.3. The van der Waals surface area contributed by atoms with Gasteiger partial charge in [0.25, 0.3) is 5.91 Å². The normalized spacial score (nSPS) is 12.9. The Morgan fingerprint density at radius 1 is 0.794 bits per heavy atom. The molecule has 0 aliphatic carbocycles. The first kappa shape index (κ1) is 26.7. The molecule has 0 saturated heterocycles. The van der Waals surface area contributed by atoms with E-state index in [9.17, 15) is 36.2 Å². The van der Waals surface area contributed by atoms with Crippen molar-refractivity contribution >= 4 is 11.6 Å². The summed E-state index contributed by atoms with van der Waals surface area (Å²) in [5.74, 6) is -3.59. The van der Waals surface area contributed by atoms with Gasteiger partial charge in [0.1, 0.15) is 5.92 Å². The van der Waals surface area contributed by atoms with Gasteiger partial charge in [-0.15, -0.1) is 0 Å². The molecule has 4 nitrogen and oxygen atoms in total. The van der Waals surface area contributed by atoms with E-state index in [1.165, 1.54) is 0 Å². The van der Waals surface area contributed by atoms with Gasteiger partial charge in [-0.1, -0.05) is 74.5 Å². The van der Waals surface area contributed by atoms with E-state index in [0.717, 1.165) is 11.1 Å². The van der Waals surface area contributed by atoms with Gasteiger partial charge in [0.15, 0.2) is 5.88 Å². The maximum Gasteiger partial charge on any atom is 0.400 e. The summed E-state index contributed by atoms with van der Waals surface area (Å²) in [5, 5.41) is 10.3. The van der Waals surface area contributed by atoms with Crippen LogP contribution < -0.4 is 0 Å². The number of hydrogen-bond donors (Lipinski definition) is 2. The third kappa shape index (κ3) is 5.86. The van der Waals surface area contributed by atoms with Crippen LogP contribution in [0.15, 0.2) is 65.7 Å². The molecule has 1 amide bonds. The number of carbonyl (C=O) groups is 1. The van der Waals surface area contributed by atoms with E-state index in [-0.39, 0.29) is 18.7 Å². The first-order valence-corrected chi connectivity index (χ1v) is 10.2. The molecule has 0 radical (unpaired) electrons. The van der Waals surface area contributed by atoms with Gasteiger partial charge in [0.2, 0.25) is 0 Å². The number of rotatable bonds is 2. The molecule has 4 rings (SSSR count). The molecule has 0 saturated carbocycles. The fourth-order valence-corrected chi connectivity index (χ4v) is 2.96. The average molecular weight is 484 g/mol. The van der Waals surface area contributed by atoms with Crippen molar-refractivity contribution in [2.45, 2.75) is 33.1 Å². The van der Waals surface area contributed by atoms with Crippen LogP contribution in [0.4, 0.5) is 26.3 Å². The number of benzene rings is 2. The summed E-state index contributed by atoms with van der Waals surface area (Å²) >= 11 is 0. The quantitative estimate of drug-likeness (QED) is 0.379. The van der Waals surface area contributed by atoms with Gasteiger partial charge in [-0.05, 0) is 12.5 Å². The summed E-state index contributed by atoms with van der Waals surface area (Å²) in [4.78, 5) is 19.4. The van der Waals surface area contributed by atoms with Gasteiger partial charge < -0.3 is 10.1 Å². The number of H-pyrrole nitrogens is 1. The van der Waals surface area contributed by atoms with Gasteiger partial charge in [0.05, 0.1) is 22.5 Å². The number of nitrogens with one attached hydrogen (secondary N) is 1. The number of aromatic amines is 1. The summed E-state index contributed by atoms with van der Waals surface area (Å²) in [6.07, 6.45) is -10.4. The molecule has 1 aromatic heterocycles. The van der Waals surface area contributed by atoms with Crippen molar-refractivity contribution in [3.63, 3.8) is 0 Å². The first-order chi connectivity index (χ1) is 15.9. The third-order valence-electron chi connectivity index (χ3n) is 4.74. The van der Waals surface area contributed by atoms with Gasteiger partial charge in [-0.2, -0.15) is 26.3 Å². The molecule has 2 aromatic carbocycles. The lowest BCUT2D eigenvalue weighted by molar-refractivity contribution is -0.278. The second-order valence-electron chi connectivity index (χ2n) is 6.90. The zero-order valence-corrected chi connectivity index (χ0v) is 18.4. The Morgan fingerprint density at radius 3 is 1.65 bits per heavy atom. The van der Waals surface area contributed by atoms with Gasteiger partial charge >= 0.3 is 12.4 Å². The molecule has 2 N–H and O–H groups in total. The number of alkyl halides is 6. The van der Waals surface area contributed by atoms with E-state index < -0.39 is 18.3 Å². The monoisotopic (exact) mass is 484 g/mol. The van der Waals surface area contributed by atoms with Gasteiger partial charge in [-0.25, -0.2) is 4.99 Å². The molecule has 1 aliphatic rings. The Hall–Kier alpha value is -3.56. The minimum absolute atomic E-state index is 0.0256. The maximum atomic E-state index is 12.3. The largest absolute Gasteiger partial charge is 0.494 e. The zero-order chi connectivity index (χ0) is 25.7. The second-order valence-corrected chi connectivity index (χ2v) is 6.90.